The van der Waals surface area contributed by atoms with Crippen LogP contribution in [0.1, 0.15) is 45.6 Å². The molecule has 0 aliphatic rings. The fourth-order valence-corrected chi connectivity index (χ4v) is 2.76. The Morgan fingerprint density at radius 3 is 2.21 bits per heavy atom. The van der Waals surface area contributed by atoms with Crippen molar-refractivity contribution in [3.8, 4) is 23.0 Å². The Hall–Kier alpha value is -2.69. The highest BCUT2D eigenvalue weighted by molar-refractivity contribution is 5.93. The molecule has 2 aromatic rings. The third-order valence-electron chi connectivity index (χ3n) is 4.51. The molecule has 2 rings (SSSR count). The lowest BCUT2D eigenvalue weighted by atomic mass is 10.1. The van der Waals surface area contributed by atoms with E-state index in [-0.39, 0.29) is 11.8 Å². The van der Waals surface area contributed by atoms with Crippen LogP contribution in [-0.2, 0) is 11.2 Å². The molecule has 152 valence electrons. The summed E-state index contributed by atoms with van der Waals surface area (Å²) in [7, 11) is 3.26. The fourth-order valence-electron chi connectivity index (χ4n) is 2.76. The van der Waals surface area contributed by atoms with Gasteiger partial charge in [-0.05, 0) is 48.7 Å². The van der Waals surface area contributed by atoms with E-state index in [0.29, 0.717) is 17.2 Å². The first-order valence-electron chi connectivity index (χ1n) is 9.82. The van der Waals surface area contributed by atoms with Crippen LogP contribution in [0.25, 0.3) is 0 Å². The molecule has 0 bridgehead atoms. The third-order valence-corrected chi connectivity index (χ3v) is 4.51. The average molecular weight is 386 g/mol. The molecule has 0 fully saturated rings. The van der Waals surface area contributed by atoms with Crippen molar-refractivity contribution in [3.63, 3.8) is 0 Å². The molecule has 0 unspecified atom stereocenters. The zero-order chi connectivity index (χ0) is 20.5. The van der Waals surface area contributed by atoms with Crippen molar-refractivity contribution in [2.45, 2.75) is 46.5 Å². The minimum atomic E-state index is -0.135. The summed E-state index contributed by atoms with van der Waals surface area (Å²) in [6, 6.07) is 11.2. The van der Waals surface area contributed by atoms with Gasteiger partial charge in [0.05, 0.1) is 19.9 Å². The van der Waals surface area contributed by atoms with Crippen LogP contribution in [0.5, 0.6) is 23.0 Å². The molecule has 5 heteroatoms. The molecule has 1 amide bonds. The van der Waals surface area contributed by atoms with Gasteiger partial charge in [-0.1, -0.05) is 33.6 Å². The van der Waals surface area contributed by atoms with Crippen molar-refractivity contribution in [3.05, 3.63) is 42.0 Å². The topological polar surface area (TPSA) is 56.8 Å². The van der Waals surface area contributed by atoms with Gasteiger partial charge in [0.15, 0.2) is 5.75 Å². The van der Waals surface area contributed by atoms with Gasteiger partial charge in [0.25, 0.3) is 0 Å². The number of anilines is 1. The zero-order valence-corrected chi connectivity index (χ0v) is 17.5. The zero-order valence-electron chi connectivity index (χ0n) is 17.5. The van der Waals surface area contributed by atoms with E-state index in [1.54, 1.807) is 20.3 Å². The Labute approximate surface area is 168 Å². The molecule has 0 spiro atoms. The fraction of sp³-hybridized carbons (Fsp3) is 0.435. The summed E-state index contributed by atoms with van der Waals surface area (Å²) in [6.45, 7) is 5.89. The Balaban J connectivity index is 2.34. The second-order valence-corrected chi connectivity index (χ2v) is 7.04. The molecular formula is C23H31NO4. The van der Waals surface area contributed by atoms with Gasteiger partial charge in [-0.15, -0.1) is 0 Å². The van der Waals surface area contributed by atoms with E-state index in [9.17, 15) is 4.79 Å². The van der Waals surface area contributed by atoms with Crippen LogP contribution >= 0.6 is 0 Å². The molecule has 0 atom stereocenters. The lowest BCUT2D eigenvalue weighted by Crippen LogP contribution is -2.18. The summed E-state index contributed by atoms with van der Waals surface area (Å²) in [5.41, 5.74) is 1.68. The van der Waals surface area contributed by atoms with Crippen LogP contribution in [0.2, 0.25) is 0 Å². The predicted molar refractivity (Wildman–Crippen MR) is 113 cm³/mol. The number of aryl methyl sites for hydroxylation is 1. The molecule has 0 saturated heterocycles. The molecule has 0 aromatic heterocycles. The highest BCUT2D eigenvalue weighted by Crippen LogP contribution is 2.36. The molecule has 2 aromatic carbocycles. The highest BCUT2D eigenvalue weighted by atomic mass is 16.5. The maximum absolute atomic E-state index is 12.2. The van der Waals surface area contributed by atoms with E-state index in [0.717, 1.165) is 42.7 Å². The SMILES string of the molecule is CCCCCc1cc(OC)ccc1Oc1ccc(OC)cc1NC(=O)C(C)C. The van der Waals surface area contributed by atoms with Crippen LogP contribution in [-0.4, -0.2) is 20.1 Å². The molecule has 0 aliphatic heterocycles. The summed E-state index contributed by atoms with van der Waals surface area (Å²) < 4.78 is 16.9. The first kappa shape index (κ1) is 21.6. The lowest BCUT2D eigenvalue weighted by Gasteiger charge is -2.17. The van der Waals surface area contributed by atoms with E-state index in [1.165, 1.54) is 0 Å². The van der Waals surface area contributed by atoms with Crippen LogP contribution in [0.3, 0.4) is 0 Å². The summed E-state index contributed by atoms with van der Waals surface area (Å²) in [4.78, 5) is 12.2. The maximum Gasteiger partial charge on any atom is 0.227 e. The Morgan fingerprint density at radius 2 is 1.61 bits per heavy atom. The first-order chi connectivity index (χ1) is 13.5. The molecule has 0 radical (unpaired) electrons. The standard InChI is InChI=1S/C23H31NO4/c1-6-7-8-9-17-14-18(26-4)10-12-21(17)28-22-13-11-19(27-5)15-20(22)24-23(25)16(2)3/h10-16H,6-9H2,1-5H3,(H,24,25). The van der Waals surface area contributed by atoms with Gasteiger partial charge in [-0.2, -0.15) is 0 Å². The van der Waals surface area contributed by atoms with Gasteiger partial charge in [-0.3, -0.25) is 4.79 Å². The van der Waals surface area contributed by atoms with Crippen LogP contribution in [0.15, 0.2) is 36.4 Å². The van der Waals surface area contributed by atoms with Crippen LogP contribution in [0, 0.1) is 5.92 Å². The Kier molecular flexibility index (Phi) is 8.18. The number of carbonyl (C=O) groups excluding carboxylic acids is 1. The van der Waals surface area contributed by atoms with E-state index < -0.39 is 0 Å². The molecule has 0 heterocycles. The summed E-state index contributed by atoms with van der Waals surface area (Å²) in [5.74, 6) is 2.60. The molecule has 0 aliphatic carbocycles. The normalized spacial score (nSPS) is 10.6. The quantitative estimate of drug-likeness (QED) is 0.523. The summed E-state index contributed by atoms with van der Waals surface area (Å²) in [6.07, 6.45) is 4.31. The van der Waals surface area contributed by atoms with E-state index in [1.807, 2.05) is 44.2 Å². The van der Waals surface area contributed by atoms with Crippen molar-refractivity contribution in [2.75, 3.05) is 19.5 Å². The number of amides is 1. The number of ether oxygens (including phenoxy) is 3. The largest absolute Gasteiger partial charge is 0.497 e. The van der Waals surface area contributed by atoms with E-state index in [2.05, 4.69) is 12.2 Å². The number of benzene rings is 2. The molecule has 0 saturated carbocycles. The van der Waals surface area contributed by atoms with Crippen molar-refractivity contribution >= 4 is 11.6 Å². The first-order valence-corrected chi connectivity index (χ1v) is 9.82. The van der Waals surface area contributed by atoms with Crippen molar-refractivity contribution < 1.29 is 19.0 Å². The Bertz CT molecular complexity index is 786. The highest BCUT2D eigenvalue weighted by Gasteiger charge is 2.15. The van der Waals surface area contributed by atoms with Crippen molar-refractivity contribution in [1.82, 2.24) is 0 Å². The van der Waals surface area contributed by atoms with E-state index >= 15 is 0 Å². The van der Waals surface area contributed by atoms with Gasteiger partial charge in [0, 0.05) is 12.0 Å². The second-order valence-electron chi connectivity index (χ2n) is 7.04. The maximum atomic E-state index is 12.2. The number of unbranched alkanes of at least 4 members (excludes halogenated alkanes) is 2. The van der Waals surface area contributed by atoms with E-state index in [4.69, 9.17) is 14.2 Å². The molecule has 28 heavy (non-hydrogen) atoms. The Morgan fingerprint density at radius 1 is 0.964 bits per heavy atom. The number of hydrogen-bond acceptors (Lipinski definition) is 4. The second kappa shape index (κ2) is 10.6. The number of nitrogens with one attached hydrogen (secondary N) is 1. The van der Waals surface area contributed by atoms with Gasteiger partial charge in [-0.25, -0.2) is 0 Å². The van der Waals surface area contributed by atoms with Gasteiger partial charge in [0.1, 0.15) is 17.2 Å². The smallest absolute Gasteiger partial charge is 0.227 e. The summed E-state index contributed by atoms with van der Waals surface area (Å²) in [5, 5.41) is 2.93. The van der Waals surface area contributed by atoms with Crippen LogP contribution < -0.4 is 19.5 Å². The third kappa shape index (κ3) is 5.91. The monoisotopic (exact) mass is 385 g/mol. The van der Waals surface area contributed by atoms with Gasteiger partial charge in [0.2, 0.25) is 5.91 Å². The predicted octanol–water partition coefficient (Wildman–Crippen LogP) is 5.82. The van der Waals surface area contributed by atoms with Crippen molar-refractivity contribution in [2.24, 2.45) is 5.92 Å². The molecular weight excluding hydrogens is 354 g/mol. The lowest BCUT2D eigenvalue weighted by molar-refractivity contribution is -0.118. The number of methoxy groups -OCH3 is 2. The number of carbonyl (C=O) groups is 1. The van der Waals surface area contributed by atoms with Gasteiger partial charge < -0.3 is 19.5 Å². The number of rotatable bonds is 10. The van der Waals surface area contributed by atoms with Gasteiger partial charge >= 0.3 is 0 Å². The average Bonchev–Trinajstić information content (AvgIpc) is 2.70. The summed E-state index contributed by atoms with van der Waals surface area (Å²) >= 11 is 0. The molecule has 1 N–H and O–H groups in total. The number of hydrogen-bond donors (Lipinski definition) is 1. The minimum Gasteiger partial charge on any atom is -0.497 e. The minimum absolute atomic E-state index is 0.0731. The van der Waals surface area contributed by atoms with Crippen LogP contribution in [0.4, 0.5) is 5.69 Å². The molecule has 5 nitrogen and oxygen atoms in total. The van der Waals surface area contributed by atoms with Crippen molar-refractivity contribution in [1.29, 1.82) is 0 Å².